The van der Waals surface area contributed by atoms with Gasteiger partial charge in [-0.15, -0.1) is 0 Å². The molecule has 2 aromatic heterocycles. The minimum absolute atomic E-state index is 0.138. The summed E-state index contributed by atoms with van der Waals surface area (Å²) in [6, 6.07) is 3.88. The molecule has 0 aromatic carbocycles. The molecule has 0 saturated heterocycles. The van der Waals surface area contributed by atoms with Crippen molar-refractivity contribution in [2.45, 2.75) is 20.8 Å². The number of aromatic nitrogens is 3. The Labute approximate surface area is 93.4 Å². The van der Waals surface area contributed by atoms with Gasteiger partial charge in [0.05, 0.1) is 5.69 Å². The molecule has 2 rings (SSSR count). The highest BCUT2D eigenvalue weighted by Crippen LogP contribution is 2.19. The highest BCUT2D eigenvalue weighted by atomic mass is 16.1. The molecule has 0 aliphatic heterocycles. The molecule has 0 amide bonds. The molecule has 82 valence electrons. The summed E-state index contributed by atoms with van der Waals surface area (Å²) in [7, 11) is 0. The van der Waals surface area contributed by atoms with Crippen LogP contribution >= 0.6 is 0 Å². The first-order valence-electron chi connectivity index (χ1n) is 5.08. The Hall–Kier alpha value is -1.97. The van der Waals surface area contributed by atoms with Crippen LogP contribution in [0.1, 0.15) is 16.8 Å². The first-order valence-corrected chi connectivity index (χ1v) is 5.08. The van der Waals surface area contributed by atoms with Crippen LogP contribution in [0.25, 0.3) is 11.3 Å². The molecule has 2 heterocycles. The third-order valence-corrected chi connectivity index (χ3v) is 2.71. The maximum Gasteiger partial charge on any atom is 0.267 e. The minimum Gasteiger partial charge on any atom is -0.268 e. The molecular formula is C12H13N3O. The molecule has 0 atom stereocenters. The fourth-order valence-corrected chi connectivity index (χ4v) is 1.51. The SMILES string of the molecule is Cc1ccc(-c2n[nH]c(=O)c(C)c2C)cn1. The summed E-state index contributed by atoms with van der Waals surface area (Å²) >= 11 is 0. The summed E-state index contributed by atoms with van der Waals surface area (Å²) in [5.41, 5.74) is 4.12. The molecule has 1 N–H and O–H groups in total. The van der Waals surface area contributed by atoms with Gasteiger partial charge in [-0.25, -0.2) is 5.10 Å². The van der Waals surface area contributed by atoms with Crippen molar-refractivity contribution in [2.75, 3.05) is 0 Å². The Kier molecular flexibility index (Phi) is 2.56. The van der Waals surface area contributed by atoms with Gasteiger partial charge in [0, 0.05) is 23.0 Å². The molecular weight excluding hydrogens is 202 g/mol. The van der Waals surface area contributed by atoms with Gasteiger partial charge in [0.15, 0.2) is 0 Å². The molecule has 0 aliphatic rings. The van der Waals surface area contributed by atoms with Gasteiger partial charge in [0.1, 0.15) is 0 Å². The van der Waals surface area contributed by atoms with E-state index in [4.69, 9.17) is 0 Å². The van der Waals surface area contributed by atoms with Crippen molar-refractivity contribution in [3.8, 4) is 11.3 Å². The number of H-pyrrole nitrogens is 1. The van der Waals surface area contributed by atoms with Gasteiger partial charge < -0.3 is 0 Å². The van der Waals surface area contributed by atoms with Crippen molar-refractivity contribution >= 4 is 0 Å². The number of nitrogens with zero attached hydrogens (tertiary/aromatic N) is 2. The van der Waals surface area contributed by atoms with E-state index in [2.05, 4.69) is 15.2 Å². The van der Waals surface area contributed by atoms with E-state index in [0.29, 0.717) is 5.56 Å². The lowest BCUT2D eigenvalue weighted by Gasteiger charge is -2.06. The van der Waals surface area contributed by atoms with E-state index >= 15 is 0 Å². The number of pyridine rings is 1. The fourth-order valence-electron chi connectivity index (χ4n) is 1.51. The Morgan fingerprint density at radius 2 is 1.88 bits per heavy atom. The summed E-state index contributed by atoms with van der Waals surface area (Å²) < 4.78 is 0. The van der Waals surface area contributed by atoms with Crippen LogP contribution in [-0.4, -0.2) is 15.2 Å². The Morgan fingerprint density at radius 3 is 2.50 bits per heavy atom. The predicted octanol–water partition coefficient (Wildman–Crippen LogP) is 1.76. The van der Waals surface area contributed by atoms with Gasteiger partial charge in [-0.05, 0) is 38.5 Å². The Bertz CT molecular complexity index is 570. The van der Waals surface area contributed by atoms with Crippen LogP contribution < -0.4 is 5.56 Å². The zero-order valence-electron chi connectivity index (χ0n) is 9.53. The van der Waals surface area contributed by atoms with Crippen LogP contribution in [0, 0.1) is 20.8 Å². The largest absolute Gasteiger partial charge is 0.268 e. The molecule has 4 nitrogen and oxygen atoms in total. The number of rotatable bonds is 1. The van der Waals surface area contributed by atoms with Crippen LogP contribution in [0.3, 0.4) is 0 Å². The fraction of sp³-hybridized carbons (Fsp3) is 0.250. The van der Waals surface area contributed by atoms with Crippen molar-refractivity contribution in [1.82, 2.24) is 15.2 Å². The highest BCUT2D eigenvalue weighted by Gasteiger charge is 2.08. The molecule has 0 fully saturated rings. The number of hydrogen-bond acceptors (Lipinski definition) is 3. The van der Waals surface area contributed by atoms with Crippen molar-refractivity contribution in [1.29, 1.82) is 0 Å². The molecule has 0 spiro atoms. The molecule has 0 aliphatic carbocycles. The second-order valence-corrected chi connectivity index (χ2v) is 3.84. The Balaban J connectivity index is 2.61. The van der Waals surface area contributed by atoms with E-state index in [9.17, 15) is 4.79 Å². The molecule has 4 heteroatoms. The van der Waals surface area contributed by atoms with Crippen molar-refractivity contribution < 1.29 is 0 Å². The van der Waals surface area contributed by atoms with Gasteiger partial charge in [0.2, 0.25) is 0 Å². The Morgan fingerprint density at radius 1 is 1.12 bits per heavy atom. The van der Waals surface area contributed by atoms with Crippen LogP contribution in [0.15, 0.2) is 23.1 Å². The highest BCUT2D eigenvalue weighted by molar-refractivity contribution is 5.62. The van der Waals surface area contributed by atoms with Crippen LogP contribution in [0.2, 0.25) is 0 Å². The maximum atomic E-state index is 11.3. The van der Waals surface area contributed by atoms with Gasteiger partial charge in [0.25, 0.3) is 5.56 Å². The summed E-state index contributed by atoms with van der Waals surface area (Å²) in [5, 5.41) is 6.55. The molecule has 0 unspecified atom stereocenters. The number of aromatic amines is 1. The van der Waals surface area contributed by atoms with E-state index in [1.807, 2.05) is 26.0 Å². The zero-order valence-corrected chi connectivity index (χ0v) is 9.53. The van der Waals surface area contributed by atoms with E-state index < -0.39 is 0 Å². The average molecular weight is 215 g/mol. The maximum absolute atomic E-state index is 11.3. The summed E-state index contributed by atoms with van der Waals surface area (Å²) in [6.07, 6.45) is 1.77. The second kappa shape index (κ2) is 3.89. The van der Waals surface area contributed by atoms with Crippen molar-refractivity contribution in [3.63, 3.8) is 0 Å². The zero-order chi connectivity index (χ0) is 11.7. The van der Waals surface area contributed by atoms with E-state index in [0.717, 1.165) is 22.5 Å². The average Bonchev–Trinajstić information content (AvgIpc) is 2.28. The van der Waals surface area contributed by atoms with E-state index in [1.54, 1.807) is 13.1 Å². The van der Waals surface area contributed by atoms with Crippen LogP contribution in [0.4, 0.5) is 0 Å². The summed E-state index contributed by atoms with van der Waals surface area (Å²) in [4.78, 5) is 15.6. The van der Waals surface area contributed by atoms with Gasteiger partial charge in [-0.3, -0.25) is 9.78 Å². The van der Waals surface area contributed by atoms with Gasteiger partial charge in [-0.2, -0.15) is 5.10 Å². The molecule has 2 aromatic rings. The monoisotopic (exact) mass is 215 g/mol. The molecule has 0 bridgehead atoms. The molecule has 0 saturated carbocycles. The lowest BCUT2D eigenvalue weighted by Crippen LogP contribution is -2.14. The number of hydrogen-bond donors (Lipinski definition) is 1. The minimum atomic E-state index is -0.138. The summed E-state index contributed by atoms with van der Waals surface area (Å²) in [6.45, 7) is 5.62. The van der Waals surface area contributed by atoms with Crippen LogP contribution in [0.5, 0.6) is 0 Å². The molecule has 0 radical (unpaired) electrons. The number of nitrogens with one attached hydrogen (secondary N) is 1. The van der Waals surface area contributed by atoms with Crippen molar-refractivity contribution in [3.05, 3.63) is 45.5 Å². The topological polar surface area (TPSA) is 58.6 Å². The van der Waals surface area contributed by atoms with Crippen molar-refractivity contribution in [2.24, 2.45) is 0 Å². The predicted molar refractivity (Wildman–Crippen MR) is 62.3 cm³/mol. The first-order chi connectivity index (χ1) is 7.59. The van der Waals surface area contributed by atoms with E-state index in [-0.39, 0.29) is 5.56 Å². The lowest BCUT2D eigenvalue weighted by atomic mass is 10.1. The smallest absolute Gasteiger partial charge is 0.267 e. The third-order valence-electron chi connectivity index (χ3n) is 2.71. The lowest BCUT2D eigenvalue weighted by molar-refractivity contribution is 0.957. The second-order valence-electron chi connectivity index (χ2n) is 3.84. The standard InChI is InChI=1S/C12H13N3O/c1-7-4-5-10(6-13-7)11-8(2)9(3)12(16)15-14-11/h4-6H,1-3H3,(H,15,16). The van der Waals surface area contributed by atoms with E-state index in [1.165, 1.54) is 0 Å². The number of aryl methyl sites for hydroxylation is 1. The molecule has 16 heavy (non-hydrogen) atoms. The summed E-state index contributed by atoms with van der Waals surface area (Å²) in [5.74, 6) is 0. The van der Waals surface area contributed by atoms with Gasteiger partial charge in [-0.1, -0.05) is 0 Å². The van der Waals surface area contributed by atoms with Crippen LogP contribution in [-0.2, 0) is 0 Å². The quantitative estimate of drug-likeness (QED) is 0.788. The first kappa shape index (κ1) is 10.5. The normalized spacial score (nSPS) is 10.4. The van der Waals surface area contributed by atoms with Gasteiger partial charge >= 0.3 is 0 Å². The third kappa shape index (κ3) is 1.74.